The maximum atomic E-state index is 5.06. The van der Waals surface area contributed by atoms with Crippen LogP contribution in [0.5, 0.6) is 0 Å². The number of nitrogens with zero attached hydrogens (tertiary/aromatic N) is 1. The Morgan fingerprint density at radius 2 is 2.47 bits per heavy atom. The van der Waals surface area contributed by atoms with Gasteiger partial charge in [-0.1, -0.05) is 6.92 Å². The van der Waals surface area contributed by atoms with Gasteiger partial charge in [0.05, 0.1) is 12.5 Å². The van der Waals surface area contributed by atoms with Gasteiger partial charge in [-0.3, -0.25) is 0 Å². The molecule has 0 amide bonds. The molecule has 1 saturated heterocycles. The monoisotopic (exact) mass is 208 g/mol. The van der Waals surface area contributed by atoms with E-state index in [9.17, 15) is 0 Å². The summed E-state index contributed by atoms with van der Waals surface area (Å²) in [7, 11) is 2.17. The highest BCUT2D eigenvalue weighted by Crippen LogP contribution is 2.15. The number of hydrogen-bond acceptors (Lipinski definition) is 3. The Morgan fingerprint density at radius 1 is 1.60 bits per heavy atom. The topological polar surface area (TPSA) is 28.4 Å². The predicted octanol–water partition coefficient (Wildman–Crippen LogP) is 1.71. The average Bonchev–Trinajstić information content (AvgIpc) is 2.79. The molecule has 2 heterocycles. The summed E-state index contributed by atoms with van der Waals surface area (Å²) in [6.45, 7) is 5.59. The lowest BCUT2D eigenvalue weighted by molar-refractivity contribution is 0.270. The van der Waals surface area contributed by atoms with Gasteiger partial charge in [0, 0.05) is 24.7 Å². The van der Waals surface area contributed by atoms with Crippen molar-refractivity contribution in [1.29, 1.82) is 0 Å². The fourth-order valence-electron chi connectivity index (χ4n) is 2.24. The Hall–Kier alpha value is -0.800. The highest BCUT2D eigenvalue weighted by Gasteiger charge is 2.23. The lowest BCUT2D eigenvalue weighted by Gasteiger charge is -2.23. The summed E-state index contributed by atoms with van der Waals surface area (Å²) in [6, 6.07) is 2.68. The van der Waals surface area contributed by atoms with Crippen LogP contribution in [-0.4, -0.2) is 31.1 Å². The molecule has 0 aromatic carbocycles. The normalized spacial score (nSPS) is 26.3. The van der Waals surface area contributed by atoms with Crippen LogP contribution < -0.4 is 5.32 Å². The second-order valence-corrected chi connectivity index (χ2v) is 4.65. The van der Waals surface area contributed by atoms with Crippen molar-refractivity contribution < 1.29 is 4.42 Å². The molecule has 1 fully saturated rings. The molecule has 1 aromatic heterocycles. The largest absolute Gasteiger partial charge is 0.472 e. The third-order valence-corrected chi connectivity index (χ3v) is 3.23. The first kappa shape index (κ1) is 10.7. The first-order chi connectivity index (χ1) is 7.25. The summed E-state index contributed by atoms with van der Waals surface area (Å²) in [6.07, 6.45) is 4.87. The van der Waals surface area contributed by atoms with Crippen molar-refractivity contribution in [3.63, 3.8) is 0 Å². The minimum atomic E-state index is 0.655. The maximum absolute atomic E-state index is 5.06. The first-order valence-electron chi connectivity index (χ1n) is 5.68. The lowest BCUT2D eigenvalue weighted by atomic mass is 10.0. The molecule has 0 spiro atoms. The zero-order valence-electron chi connectivity index (χ0n) is 9.57. The van der Waals surface area contributed by atoms with Crippen LogP contribution in [0.15, 0.2) is 23.0 Å². The molecule has 84 valence electrons. The summed E-state index contributed by atoms with van der Waals surface area (Å²) in [4.78, 5) is 2.35. The SMILES string of the molecule is CC1CCNC1CN(C)Cc1ccoc1. The van der Waals surface area contributed by atoms with E-state index in [2.05, 4.69) is 24.2 Å². The molecular weight excluding hydrogens is 188 g/mol. The highest BCUT2D eigenvalue weighted by atomic mass is 16.3. The minimum absolute atomic E-state index is 0.655. The van der Waals surface area contributed by atoms with E-state index >= 15 is 0 Å². The van der Waals surface area contributed by atoms with Crippen LogP contribution in [0.4, 0.5) is 0 Å². The molecule has 1 aliphatic heterocycles. The van der Waals surface area contributed by atoms with Gasteiger partial charge in [0.15, 0.2) is 0 Å². The molecule has 15 heavy (non-hydrogen) atoms. The van der Waals surface area contributed by atoms with Crippen LogP contribution in [0.3, 0.4) is 0 Å². The third-order valence-electron chi connectivity index (χ3n) is 3.23. The van der Waals surface area contributed by atoms with Crippen LogP contribution in [0.25, 0.3) is 0 Å². The standard InChI is InChI=1S/C12H20N2O/c1-10-3-5-13-12(10)8-14(2)7-11-4-6-15-9-11/h4,6,9-10,12-13H,3,5,7-8H2,1-2H3. The molecule has 0 saturated carbocycles. The number of hydrogen-bond donors (Lipinski definition) is 1. The van der Waals surface area contributed by atoms with Gasteiger partial charge in [-0.15, -0.1) is 0 Å². The summed E-state index contributed by atoms with van der Waals surface area (Å²) >= 11 is 0. The van der Waals surface area contributed by atoms with E-state index in [0.717, 1.165) is 19.0 Å². The van der Waals surface area contributed by atoms with Crippen molar-refractivity contribution in [2.24, 2.45) is 5.92 Å². The van der Waals surface area contributed by atoms with Crippen LogP contribution >= 0.6 is 0 Å². The van der Waals surface area contributed by atoms with Crippen molar-refractivity contribution in [3.05, 3.63) is 24.2 Å². The van der Waals surface area contributed by atoms with Crippen molar-refractivity contribution in [1.82, 2.24) is 10.2 Å². The molecule has 1 N–H and O–H groups in total. The van der Waals surface area contributed by atoms with Crippen LogP contribution in [0.2, 0.25) is 0 Å². The Balaban J connectivity index is 1.79. The molecule has 0 aliphatic carbocycles. The number of rotatable bonds is 4. The van der Waals surface area contributed by atoms with E-state index in [4.69, 9.17) is 4.42 Å². The molecule has 1 aliphatic rings. The van der Waals surface area contributed by atoms with Crippen molar-refractivity contribution >= 4 is 0 Å². The highest BCUT2D eigenvalue weighted by molar-refractivity contribution is 5.04. The maximum Gasteiger partial charge on any atom is 0.0947 e. The van der Waals surface area contributed by atoms with Crippen LogP contribution in [0.1, 0.15) is 18.9 Å². The third kappa shape index (κ3) is 2.83. The lowest BCUT2D eigenvalue weighted by Crippen LogP contribution is -2.37. The van der Waals surface area contributed by atoms with Crippen molar-refractivity contribution in [2.75, 3.05) is 20.1 Å². The minimum Gasteiger partial charge on any atom is -0.472 e. The van der Waals surface area contributed by atoms with E-state index < -0.39 is 0 Å². The molecule has 0 radical (unpaired) electrons. The van der Waals surface area contributed by atoms with Crippen molar-refractivity contribution in [3.8, 4) is 0 Å². The molecular formula is C12H20N2O. The number of nitrogens with one attached hydrogen (secondary N) is 1. The zero-order chi connectivity index (χ0) is 10.7. The van der Waals surface area contributed by atoms with E-state index in [1.807, 2.05) is 12.3 Å². The molecule has 0 bridgehead atoms. The fraction of sp³-hybridized carbons (Fsp3) is 0.667. The van der Waals surface area contributed by atoms with Crippen molar-refractivity contribution in [2.45, 2.75) is 25.9 Å². The Bertz CT molecular complexity index is 284. The van der Waals surface area contributed by atoms with Gasteiger partial charge in [-0.25, -0.2) is 0 Å². The van der Waals surface area contributed by atoms with Gasteiger partial charge < -0.3 is 14.6 Å². The Morgan fingerprint density at radius 3 is 3.07 bits per heavy atom. The van der Waals surface area contributed by atoms with Crippen LogP contribution in [-0.2, 0) is 6.54 Å². The molecule has 2 unspecified atom stereocenters. The Labute approximate surface area is 91.4 Å². The molecule has 3 nitrogen and oxygen atoms in total. The molecule has 2 rings (SSSR count). The molecule has 1 aromatic rings. The molecule has 3 heteroatoms. The van der Waals surface area contributed by atoms with Gasteiger partial charge >= 0.3 is 0 Å². The average molecular weight is 208 g/mol. The second-order valence-electron chi connectivity index (χ2n) is 4.65. The van der Waals surface area contributed by atoms with E-state index in [0.29, 0.717) is 6.04 Å². The van der Waals surface area contributed by atoms with Gasteiger partial charge in [-0.05, 0) is 32.0 Å². The quantitative estimate of drug-likeness (QED) is 0.816. The number of likely N-dealkylation sites (N-methyl/N-ethyl adjacent to an activating group) is 1. The zero-order valence-corrected chi connectivity index (χ0v) is 9.57. The van der Waals surface area contributed by atoms with Gasteiger partial charge in [0.2, 0.25) is 0 Å². The van der Waals surface area contributed by atoms with Gasteiger partial charge in [0.25, 0.3) is 0 Å². The summed E-state index contributed by atoms with van der Waals surface area (Å²) in [5.74, 6) is 0.803. The van der Waals surface area contributed by atoms with E-state index in [1.165, 1.54) is 18.5 Å². The van der Waals surface area contributed by atoms with Crippen LogP contribution in [0, 0.1) is 5.92 Å². The summed E-state index contributed by atoms with van der Waals surface area (Å²) < 4.78 is 5.06. The second kappa shape index (κ2) is 4.81. The van der Waals surface area contributed by atoms with E-state index in [-0.39, 0.29) is 0 Å². The Kier molecular flexibility index (Phi) is 3.44. The molecule has 2 atom stereocenters. The van der Waals surface area contributed by atoms with Gasteiger partial charge in [0.1, 0.15) is 0 Å². The first-order valence-corrected chi connectivity index (χ1v) is 5.68. The number of furan rings is 1. The van der Waals surface area contributed by atoms with E-state index in [1.54, 1.807) is 6.26 Å². The predicted molar refractivity (Wildman–Crippen MR) is 60.6 cm³/mol. The summed E-state index contributed by atoms with van der Waals surface area (Å²) in [5.41, 5.74) is 1.25. The fourth-order valence-corrected chi connectivity index (χ4v) is 2.24. The smallest absolute Gasteiger partial charge is 0.0947 e. The van der Waals surface area contributed by atoms with Gasteiger partial charge in [-0.2, -0.15) is 0 Å². The summed E-state index contributed by atoms with van der Waals surface area (Å²) in [5, 5.41) is 3.55.